The smallest absolute Gasteiger partial charge is 0.339 e. The lowest BCUT2D eigenvalue weighted by atomic mass is 9.77. The average molecular weight is 655 g/mol. The number of rotatable bonds is 11. The highest BCUT2D eigenvalue weighted by molar-refractivity contribution is 7.80. The van der Waals surface area contributed by atoms with Crippen LogP contribution in [0.4, 0.5) is 0 Å². The van der Waals surface area contributed by atoms with Gasteiger partial charge in [0.05, 0.1) is 11.7 Å². The van der Waals surface area contributed by atoms with Gasteiger partial charge in [0.2, 0.25) is 0 Å². The minimum atomic E-state index is -2.11. The second-order valence-corrected chi connectivity index (χ2v) is 22.0. The molecule has 5 rings (SSSR count). The van der Waals surface area contributed by atoms with Gasteiger partial charge in [-0.2, -0.15) is 0 Å². The predicted molar refractivity (Wildman–Crippen MR) is 199 cm³/mol. The van der Waals surface area contributed by atoms with E-state index in [-0.39, 0.29) is 29.1 Å². The van der Waals surface area contributed by atoms with Crippen LogP contribution in [0.3, 0.4) is 0 Å². The lowest BCUT2D eigenvalue weighted by Crippen LogP contribution is -2.49. The molecule has 2 atom stereocenters. The second-order valence-electron chi connectivity index (χ2n) is 15.0. The summed E-state index contributed by atoms with van der Waals surface area (Å²) in [6.07, 6.45) is 11.4. The molecule has 0 aromatic heterocycles. The highest BCUT2D eigenvalue weighted by Gasteiger charge is 2.44. The fraction of sp³-hybridized carbons (Fsp3) is 0.488. The largest absolute Gasteiger partial charge is 0.454 e. The lowest BCUT2D eigenvalue weighted by Gasteiger charge is -2.45. The zero-order chi connectivity index (χ0) is 32.7. The summed E-state index contributed by atoms with van der Waals surface area (Å²) in [5.74, 6) is 0.467. The molecule has 0 saturated heterocycles. The fourth-order valence-electron chi connectivity index (χ4n) is 7.08. The molecule has 2 fully saturated rings. The number of esters is 1. The monoisotopic (exact) mass is 654 g/mol. The van der Waals surface area contributed by atoms with Gasteiger partial charge >= 0.3 is 5.97 Å². The molecule has 0 bridgehead atoms. The van der Waals surface area contributed by atoms with Crippen LogP contribution in [0.25, 0.3) is 0 Å². The van der Waals surface area contributed by atoms with Crippen molar-refractivity contribution in [2.45, 2.75) is 115 Å². The van der Waals surface area contributed by atoms with Crippen molar-refractivity contribution in [2.24, 2.45) is 11.8 Å². The van der Waals surface area contributed by atoms with E-state index in [4.69, 9.17) is 15.7 Å². The predicted octanol–water partition coefficient (Wildman–Crippen LogP) is 10.1. The zero-order valence-corrected chi connectivity index (χ0v) is 30.7. The van der Waals surface area contributed by atoms with Gasteiger partial charge < -0.3 is 9.16 Å². The van der Waals surface area contributed by atoms with Gasteiger partial charge in [0, 0.05) is 5.92 Å². The topological polar surface area (TPSA) is 35.5 Å². The third kappa shape index (κ3) is 8.30. The van der Waals surface area contributed by atoms with E-state index < -0.39 is 16.2 Å². The first-order chi connectivity index (χ1) is 22.1. The maximum absolute atomic E-state index is 14.5. The van der Waals surface area contributed by atoms with Crippen LogP contribution in [0.1, 0.15) is 95.3 Å². The number of hydrogen-bond donors (Lipinski definition) is 0. The molecule has 0 amide bonds. The number of carbonyl (C=O) groups is 1. The maximum atomic E-state index is 14.5. The second kappa shape index (κ2) is 15.6. The van der Waals surface area contributed by atoms with Crippen LogP contribution in [-0.2, 0) is 9.16 Å². The molecule has 0 N–H and O–H groups in total. The molecular formula is C41H55O3PSi. The summed E-state index contributed by atoms with van der Waals surface area (Å²) >= 11 is 0. The van der Waals surface area contributed by atoms with Gasteiger partial charge in [-0.15, -0.1) is 0 Å². The van der Waals surface area contributed by atoms with Crippen LogP contribution in [0, 0.1) is 11.8 Å². The van der Waals surface area contributed by atoms with Crippen LogP contribution < -0.4 is 15.9 Å². The summed E-state index contributed by atoms with van der Waals surface area (Å²) in [6.45, 7) is 16.4. The zero-order valence-electron chi connectivity index (χ0n) is 28.8. The fourth-order valence-corrected chi connectivity index (χ4v) is 10.8. The Hall–Kier alpha value is -2.52. The van der Waals surface area contributed by atoms with E-state index in [1.54, 1.807) is 0 Å². The summed E-state index contributed by atoms with van der Waals surface area (Å²) in [7, 11) is -3.06. The summed E-state index contributed by atoms with van der Waals surface area (Å²) in [4.78, 5) is 14.5. The van der Waals surface area contributed by atoms with Crippen molar-refractivity contribution in [1.82, 2.24) is 0 Å². The molecule has 2 aliphatic carbocycles. The highest BCUT2D eigenvalue weighted by Crippen LogP contribution is 2.44. The van der Waals surface area contributed by atoms with E-state index in [0.29, 0.717) is 11.5 Å². The number of benzene rings is 3. The Kier molecular flexibility index (Phi) is 11.8. The summed E-state index contributed by atoms with van der Waals surface area (Å²) < 4.78 is 14.1. The SMILES string of the molecule is C=C(C(OC(=O)c1ccccc1P(c1ccccc1)c1ccccc1)C1CCCCC1)C(O[Si](C)(C)C(C)(C)C)C1CCCCC1. The molecule has 2 saturated carbocycles. The Balaban J connectivity index is 1.51. The van der Waals surface area contributed by atoms with Crippen LogP contribution in [0.2, 0.25) is 18.1 Å². The van der Waals surface area contributed by atoms with Gasteiger partial charge in [-0.3, -0.25) is 0 Å². The first kappa shape index (κ1) is 34.8. The van der Waals surface area contributed by atoms with Gasteiger partial charge in [-0.25, -0.2) is 4.79 Å². The van der Waals surface area contributed by atoms with Crippen LogP contribution >= 0.6 is 7.92 Å². The average Bonchev–Trinajstić information content (AvgIpc) is 3.07. The Morgan fingerprint density at radius 3 is 1.67 bits per heavy atom. The van der Waals surface area contributed by atoms with Crippen molar-refractivity contribution < 1.29 is 14.0 Å². The van der Waals surface area contributed by atoms with E-state index in [1.807, 2.05) is 12.1 Å². The molecule has 3 nitrogen and oxygen atoms in total. The lowest BCUT2D eigenvalue weighted by molar-refractivity contribution is 0.00783. The quantitative estimate of drug-likeness (QED) is 0.0894. The first-order valence-corrected chi connectivity index (χ1v) is 21.9. The molecular weight excluding hydrogens is 600 g/mol. The van der Waals surface area contributed by atoms with Gasteiger partial charge in [0.15, 0.2) is 8.32 Å². The van der Waals surface area contributed by atoms with E-state index >= 15 is 0 Å². The Labute approximate surface area is 281 Å². The van der Waals surface area contributed by atoms with Crippen molar-refractivity contribution >= 4 is 38.1 Å². The van der Waals surface area contributed by atoms with Crippen molar-refractivity contribution in [3.8, 4) is 0 Å². The molecule has 3 aromatic carbocycles. The molecule has 0 aliphatic heterocycles. The minimum Gasteiger partial charge on any atom is -0.454 e. The van der Waals surface area contributed by atoms with E-state index in [9.17, 15) is 4.79 Å². The van der Waals surface area contributed by atoms with Crippen molar-refractivity contribution in [3.05, 3.63) is 103 Å². The molecule has 2 aliphatic rings. The standard InChI is InChI=1S/C41H55O3PSi/c1-31(39(33-23-13-8-14-24-33)44-46(5,6)41(2,3)4)38(32-21-11-7-12-22-32)43-40(42)36-29-19-20-30-37(36)45(34-25-15-9-16-26-34)35-27-17-10-18-28-35/h9-10,15-20,25-30,32-33,38-39H,1,7-8,11-14,21-24H2,2-6H3. The number of ether oxygens (including phenoxy) is 1. The summed E-state index contributed by atoms with van der Waals surface area (Å²) in [6, 6.07) is 29.3. The van der Waals surface area contributed by atoms with Gasteiger partial charge in [0.25, 0.3) is 0 Å². The third-order valence-corrected chi connectivity index (χ3v) is 17.7. The molecule has 246 valence electrons. The van der Waals surface area contributed by atoms with Crippen LogP contribution in [-0.4, -0.2) is 26.5 Å². The number of carbonyl (C=O) groups excluding carboxylic acids is 1. The third-order valence-electron chi connectivity index (χ3n) is 10.7. The summed E-state index contributed by atoms with van der Waals surface area (Å²) in [5.41, 5.74) is 1.66. The van der Waals surface area contributed by atoms with E-state index in [1.165, 1.54) is 49.1 Å². The molecule has 46 heavy (non-hydrogen) atoms. The first-order valence-electron chi connectivity index (χ1n) is 17.6. The minimum absolute atomic E-state index is 0.0816. The molecule has 2 unspecified atom stereocenters. The Morgan fingerprint density at radius 1 is 0.717 bits per heavy atom. The molecule has 0 heterocycles. The molecule has 0 radical (unpaired) electrons. The van der Waals surface area contributed by atoms with Crippen molar-refractivity contribution in [1.29, 1.82) is 0 Å². The molecule has 3 aromatic rings. The Bertz CT molecular complexity index is 1380. The van der Waals surface area contributed by atoms with Gasteiger partial charge in [0.1, 0.15) is 6.10 Å². The van der Waals surface area contributed by atoms with E-state index in [2.05, 4.69) is 107 Å². The van der Waals surface area contributed by atoms with Crippen molar-refractivity contribution in [2.75, 3.05) is 0 Å². The van der Waals surface area contributed by atoms with Crippen LogP contribution in [0.5, 0.6) is 0 Å². The number of hydrogen-bond acceptors (Lipinski definition) is 3. The molecule has 0 spiro atoms. The highest BCUT2D eigenvalue weighted by atomic mass is 31.1. The Morgan fingerprint density at radius 2 is 1.17 bits per heavy atom. The normalized spacial score (nSPS) is 18.2. The molecule has 5 heteroatoms. The van der Waals surface area contributed by atoms with Gasteiger partial charge in [-0.1, -0.05) is 145 Å². The summed E-state index contributed by atoms with van der Waals surface area (Å²) in [5, 5.41) is 3.56. The van der Waals surface area contributed by atoms with Crippen molar-refractivity contribution in [3.63, 3.8) is 0 Å². The van der Waals surface area contributed by atoms with Gasteiger partial charge in [-0.05, 0) is 85.2 Å². The van der Waals surface area contributed by atoms with E-state index in [0.717, 1.165) is 36.6 Å². The van der Waals surface area contributed by atoms with Crippen LogP contribution in [0.15, 0.2) is 97.1 Å². The maximum Gasteiger partial charge on any atom is 0.339 e.